The van der Waals surface area contributed by atoms with E-state index < -0.39 is 0 Å². The topological polar surface area (TPSA) is 29.3 Å². The molecule has 0 spiro atoms. The molecule has 1 saturated carbocycles. The normalized spacial score (nSPS) is 34.1. The number of rotatable bonds is 4. The second-order valence-corrected chi connectivity index (χ2v) is 6.49. The Labute approximate surface area is 107 Å². The van der Waals surface area contributed by atoms with Crippen molar-refractivity contribution in [1.82, 2.24) is 4.90 Å². The van der Waals surface area contributed by atoms with Crippen LogP contribution in [0.5, 0.6) is 0 Å². The Bertz CT molecular complexity index is 241. The quantitative estimate of drug-likeness (QED) is 0.816. The molecule has 0 aromatic heterocycles. The van der Waals surface area contributed by atoms with Crippen molar-refractivity contribution >= 4 is 0 Å². The Morgan fingerprint density at radius 2 is 1.88 bits per heavy atom. The van der Waals surface area contributed by atoms with E-state index in [4.69, 9.17) is 5.73 Å². The van der Waals surface area contributed by atoms with Gasteiger partial charge in [0.15, 0.2) is 0 Å². The van der Waals surface area contributed by atoms with Gasteiger partial charge in [0.1, 0.15) is 0 Å². The van der Waals surface area contributed by atoms with Crippen molar-refractivity contribution in [1.29, 1.82) is 0 Å². The van der Waals surface area contributed by atoms with Crippen LogP contribution >= 0.6 is 0 Å². The van der Waals surface area contributed by atoms with Gasteiger partial charge in [-0.1, -0.05) is 32.6 Å². The monoisotopic (exact) mass is 238 g/mol. The lowest BCUT2D eigenvalue weighted by atomic mass is 9.74. The van der Waals surface area contributed by atoms with Gasteiger partial charge in [-0.05, 0) is 44.6 Å². The minimum absolute atomic E-state index is 0.261. The van der Waals surface area contributed by atoms with Crippen molar-refractivity contribution < 1.29 is 0 Å². The van der Waals surface area contributed by atoms with E-state index in [2.05, 4.69) is 18.7 Å². The molecule has 0 aromatic rings. The Morgan fingerprint density at radius 3 is 2.53 bits per heavy atom. The minimum atomic E-state index is 0.261. The van der Waals surface area contributed by atoms with Crippen LogP contribution in [0, 0.1) is 11.8 Å². The Morgan fingerprint density at radius 1 is 1.18 bits per heavy atom. The van der Waals surface area contributed by atoms with E-state index in [1.54, 1.807) is 0 Å². The molecule has 17 heavy (non-hydrogen) atoms. The number of nitrogens with two attached hydrogens (primary N) is 1. The lowest BCUT2D eigenvalue weighted by molar-refractivity contribution is 0.0114. The van der Waals surface area contributed by atoms with Gasteiger partial charge in [-0.15, -0.1) is 0 Å². The molecule has 0 bridgehead atoms. The number of hydrogen-bond acceptors (Lipinski definition) is 2. The van der Waals surface area contributed by atoms with E-state index in [0.717, 1.165) is 18.4 Å². The first-order valence-electron chi connectivity index (χ1n) is 7.64. The fourth-order valence-corrected chi connectivity index (χ4v) is 4.02. The molecule has 2 nitrogen and oxygen atoms in total. The summed E-state index contributed by atoms with van der Waals surface area (Å²) in [5.41, 5.74) is 6.31. The highest BCUT2D eigenvalue weighted by atomic mass is 15.2. The summed E-state index contributed by atoms with van der Waals surface area (Å²) in [7, 11) is 0. The van der Waals surface area contributed by atoms with Crippen LogP contribution in [0.3, 0.4) is 0 Å². The van der Waals surface area contributed by atoms with E-state index in [1.807, 2.05) is 0 Å². The summed E-state index contributed by atoms with van der Waals surface area (Å²) in [6.07, 6.45) is 9.81. The summed E-state index contributed by atoms with van der Waals surface area (Å²) < 4.78 is 0. The third-order valence-corrected chi connectivity index (χ3v) is 5.28. The van der Waals surface area contributed by atoms with Crippen LogP contribution in [0.4, 0.5) is 0 Å². The molecule has 2 aliphatic rings. The Kier molecular flexibility index (Phi) is 4.48. The van der Waals surface area contributed by atoms with Crippen LogP contribution in [0.1, 0.15) is 58.8 Å². The lowest BCUT2D eigenvalue weighted by Crippen LogP contribution is -2.56. The van der Waals surface area contributed by atoms with Gasteiger partial charge in [0, 0.05) is 18.6 Å². The van der Waals surface area contributed by atoms with Crippen molar-refractivity contribution in [2.45, 2.75) is 64.3 Å². The molecule has 1 aliphatic carbocycles. The van der Waals surface area contributed by atoms with Crippen LogP contribution in [-0.4, -0.2) is 30.1 Å². The maximum absolute atomic E-state index is 6.05. The minimum Gasteiger partial charge on any atom is -0.329 e. The van der Waals surface area contributed by atoms with E-state index in [9.17, 15) is 0 Å². The Balaban J connectivity index is 1.98. The first kappa shape index (κ1) is 13.4. The highest BCUT2D eigenvalue weighted by molar-refractivity contribution is 4.93. The van der Waals surface area contributed by atoms with Gasteiger partial charge in [-0.2, -0.15) is 0 Å². The van der Waals surface area contributed by atoms with Crippen molar-refractivity contribution in [3.63, 3.8) is 0 Å². The number of nitrogens with zero attached hydrogens (tertiary/aromatic N) is 1. The van der Waals surface area contributed by atoms with E-state index in [1.165, 1.54) is 58.0 Å². The molecular formula is C15H30N2. The van der Waals surface area contributed by atoms with Crippen molar-refractivity contribution in [3.05, 3.63) is 0 Å². The number of likely N-dealkylation sites (tertiary alicyclic amines) is 1. The fraction of sp³-hybridized carbons (Fsp3) is 1.00. The van der Waals surface area contributed by atoms with Gasteiger partial charge >= 0.3 is 0 Å². The molecule has 0 aromatic carbocycles. The van der Waals surface area contributed by atoms with Crippen molar-refractivity contribution in [3.8, 4) is 0 Å². The zero-order valence-electron chi connectivity index (χ0n) is 11.8. The third kappa shape index (κ3) is 2.85. The molecule has 2 N–H and O–H groups in total. The fourth-order valence-electron chi connectivity index (χ4n) is 4.02. The lowest BCUT2D eigenvalue weighted by Gasteiger charge is -2.49. The maximum atomic E-state index is 6.05. The van der Waals surface area contributed by atoms with E-state index >= 15 is 0 Å². The number of hydrogen-bond donors (Lipinski definition) is 1. The van der Waals surface area contributed by atoms with Crippen LogP contribution in [0.2, 0.25) is 0 Å². The van der Waals surface area contributed by atoms with Gasteiger partial charge < -0.3 is 5.73 Å². The van der Waals surface area contributed by atoms with E-state index in [-0.39, 0.29) is 5.54 Å². The summed E-state index contributed by atoms with van der Waals surface area (Å²) in [4.78, 5) is 2.71. The van der Waals surface area contributed by atoms with Crippen LogP contribution in [-0.2, 0) is 0 Å². The molecule has 1 aliphatic heterocycles. The average Bonchev–Trinajstić information content (AvgIpc) is 2.38. The SMILES string of the molecule is CCCC(C)(CN)N1CCC2CCCCC2C1. The smallest absolute Gasteiger partial charge is 0.0303 e. The molecule has 2 rings (SSSR count). The van der Waals surface area contributed by atoms with Gasteiger partial charge in [-0.3, -0.25) is 4.90 Å². The van der Waals surface area contributed by atoms with Gasteiger partial charge in [0.2, 0.25) is 0 Å². The zero-order chi connectivity index (χ0) is 12.3. The summed E-state index contributed by atoms with van der Waals surface area (Å²) in [6, 6.07) is 0. The molecule has 0 amide bonds. The molecular weight excluding hydrogens is 208 g/mol. The van der Waals surface area contributed by atoms with Crippen molar-refractivity contribution in [2.75, 3.05) is 19.6 Å². The second kappa shape index (κ2) is 5.71. The molecule has 1 heterocycles. The van der Waals surface area contributed by atoms with Crippen LogP contribution < -0.4 is 5.73 Å². The molecule has 2 fully saturated rings. The average molecular weight is 238 g/mol. The van der Waals surface area contributed by atoms with Crippen LogP contribution in [0.25, 0.3) is 0 Å². The van der Waals surface area contributed by atoms with Gasteiger partial charge in [0.25, 0.3) is 0 Å². The van der Waals surface area contributed by atoms with Gasteiger partial charge in [-0.25, -0.2) is 0 Å². The van der Waals surface area contributed by atoms with Crippen molar-refractivity contribution in [2.24, 2.45) is 17.6 Å². The summed E-state index contributed by atoms with van der Waals surface area (Å²) in [5.74, 6) is 2.00. The highest BCUT2D eigenvalue weighted by Crippen LogP contribution is 2.38. The Hall–Kier alpha value is -0.0800. The molecule has 3 unspecified atom stereocenters. The molecule has 2 heteroatoms. The van der Waals surface area contributed by atoms with Crippen LogP contribution in [0.15, 0.2) is 0 Å². The van der Waals surface area contributed by atoms with E-state index in [0.29, 0.717) is 0 Å². The standard InChI is InChI=1S/C15H30N2/c1-3-9-15(2,12-16)17-10-8-13-6-4-5-7-14(13)11-17/h13-14H,3-12,16H2,1-2H3. The third-order valence-electron chi connectivity index (χ3n) is 5.28. The zero-order valence-corrected chi connectivity index (χ0v) is 11.8. The predicted octanol–water partition coefficient (Wildman–Crippen LogP) is 3.02. The maximum Gasteiger partial charge on any atom is 0.0303 e. The van der Waals surface area contributed by atoms with Gasteiger partial charge in [0.05, 0.1) is 0 Å². The second-order valence-electron chi connectivity index (χ2n) is 6.49. The number of fused-ring (bicyclic) bond motifs is 1. The molecule has 0 radical (unpaired) electrons. The number of piperidine rings is 1. The first-order valence-corrected chi connectivity index (χ1v) is 7.64. The first-order chi connectivity index (χ1) is 8.19. The summed E-state index contributed by atoms with van der Waals surface area (Å²) in [5, 5.41) is 0. The summed E-state index contributed by atoms with van der Waals surface area (Å²) in [6.45, 7) is 8.08. The molecule has 3 atom stereocenters. The molecule has 1 saturated heterocycles. The summed E-state index contributed by atoms with van der Waals surface area (Å²) >= 11 is 0. The predicted molar refractivity (Wildman–Crippen MR) is 74.0 cm³/mol. The largest absolute Gasteiger partial charge is 0.329 e. The molecule has 100 valence electrons. The highest BCUT2D eigenvalue weighted by Gasteiger charge is 2.37.